The van der Waals surface area contributed by atoms with Crippen molar-refractivity contribution in [1.82, 2.24) is 4.90 Å². The van der Waals surface area contributed by atoms with Gasteiger partial charge in [-0.05, 0) is 17.7 Å². The largest absolute Gasteiger partial charge is 0.504 e. The van der Waals surface area contributed by atoms with Crippen molar-refractivity contribution < 1.29 is 9.84 Å². The van der Waals surface area contributed by atoms with Gasteiger partial charge in [-0.15, -0.1) is 0 Å². The summed E-state index contributed by atoms with van der Waals surface area (Å²) in [6.45, 7) is 7.67. The number of hydrogen-bond donors (Lipinski definition) is 1. The zero-order chi connectivity index (χ0) is 13.1. The lowest BCUT2D eigenvalue weighted by atomic mass is 10.1. The Balaban J connectivity index is 2.02. The average molecular weight is 267 g/mol. The second kappa shape index (κ2) is 5.85. The van der Waals surface area contributed by atoms with Gasteiger partial charge in [-0.3, -0.25) is 4.90 Å². The summed E-state index contributed by atoms with van der Waals surface area (Å²) in [5.41, 5.74) is 1.14. The molecular formula is C14H21NO2S. The number of benzene rings is 1. The van der Waals surface area contributed by atoms with Crippen LogP contribution in [0.4, 0.5) is 0 Å². The highest BCUT2D eigenvalue weighted by Gasteiger charge is 2.22. The number of ether oxygens (including phenoxy) is 1. The van der Waals surface area contributed by atoms with Gasteiger partial charge in [0.05, 0.1) is 7.11 Å². The topological polar surface area (TPSA) is 32.7 Å². The van der Waals surface area contributed by atoms with E-state index in [0.29, 0.717) is 16.2 Å². The van der Waals surface area contributed by atoms with Crippen molar-refractivity contribution in [2.45, 2.75) is 30.9 Å². The maximum Gasteiger partial charge on any atom is 0.160 e. The molecule has 100 valence electrons. The Morgan fingerprint density at radius 3 is 2.56 bits per heavy atom. The average Bonchev–Trinajstić information content (AvgIpc) is 2.27. The van der Waals surface area contributed by atoms with Crippen LogP contribution in [-0.2, 0) is 6.54 Å². The molecule has 1 fully saturated rings. The van der Waals surface area contributed by atoms with Crippen LogP contribution in [0.2, 0.25) is 0 Å². The van der Waals surface area contributed by atoms with Crippen LogP contribution in [0.1, 0.15) is 19.4 Å². The minimum absolute atomic E-state index is 0.225. The van der Waals surface area contributed by atoms with Crippen LogP contribution in [0.15, 0.2) is 18.2 Å². The molecule has 2 rings (SSSR count). The van der Waals surface area contributed by atoms with Gasteiger partial charge in [-0.2, -0.15) is 11.8 Å². The molecule has 1 N–H and O–H groups in total. The predicted octanol–water partition coefficient (Wildman–Crippen LogP) is 2.73. The van der Waals surface area contributed by atoms with Gasteiger partial charge in [0.2, 0.25) is 0 Å². The van der Waals surface area contributed by atoms with Crippen LogP contribution in [0, 0.1) is 0 Å². The molecule has 2 unspecified atom stereocenters. The monoisotopic (exact) mass is 267 g/mol. The molecule has 1 aromatic carbocycles. The third-order valence-corrected chi connectivity index (χ3v) is 4.37. The van der Waals surface area contributed by atoms with Crippen molar-refractivity contribution >= 4 is 11.8 Å². The Kier molecular flexibility index (Phi) is 4.40. The smallest absolute Gasteiger partial charge is 0.160 e. The Labute approximate surface area is 113 Å². The van der Waals surface area contributed by atoms with Crippen LogP contribution in [0.5, 0.6) is 11.5 Å². The third-order valence-electron chi connectivity index (χ3n) is 3.14. The molecule has 1 aliphatic heterocycles. The van der Waals surface area contributed by atoms with Crippen LogP contribution in [-0.4, -0.2) is 40.7 Å². The summed E-state index contributed by atoms with van der Waals surface area (Å²) < 4.78 is 5.06. The predicted molar refractivity (Wildman–Crippen MR) is 76.5 cm³/mol. The number of phenolic OH excluding ortho intramolecular Hbond substituents is 1. The molecule has 1 aromatic rings. The number of aromatic hydroxyl groups is 1. The fourth-order valence-corrected chi connectivity index (χ4v) is 3.89. The van der Waals surface area contributed by atoms with Gasteiger partial charge in [0.25, 0.3) is 0 Å². The van der Waals surface area contributed by atoms with Gasteiger partial charge in [-0.25, -0.2) is 0 Å². The van der Waals surface area contributed by atoms with E-state index in [9.17, 15) is 5.11 Å². The summed E-state index contributed by atoms with van der Waals surface area (Å²) in [5.74, 6) is 0.761. The van der Waals surface area contributed by atoms with Gasteiger partial charge in [0.15, 0.2) is 11.5 Å². The molecule has 1 aliphatic rings. The van der Waals surface area contributed by atoms with Crippen molar-refractivity contribution in [2.75, 3.05) is 20.2 Å². The van der Waals surface area contributed by atoms with Gasteiger partial charge >= 0.3 is 0 Å². The van der Waals surface area contributed by atoms with Crippen LogP contribution >= 0.6 is 11.8 Å². The number of rotatable bonds is 3. The molecule has 0 amide bonds. The SMILES string of the molecule is COc1ccc(CN2CC(C)SC(C)C2)cc1O. The molecule has 0 spiro atoms. The second-order valence-corrected chi connectivity index (χ2v) is 6.84. The normalized spacial score (nSPS) is 25.1. The lowest BCUT2D eigenvalue weighted by Gasteiger charge is -2.34. The standard InChI is InChI=1S/C14H21NO2S/c1-10-7-15(8-11(2)18-10)9-12-4-5-14(17-3)13(16)6-12/h4-6,10-11,16H,7-9H2,1-3H3. The number of thioether (sulfide) groups is 1. The first-order chi connectivity index (χ1) is 8.58. The molecule has 3 nitrogen and oxygen atoms in total. The zero-order valence-electron chi connectivity index (χ0n) is 11.2. The van der Waals surface area contributed by atoms with E-state index in [2.05, 4.69) is 30.5 Å². The highest BCUT2D eigenvalue weighted by atomic mass is 32.2. The van der Waals surface area contributed by atoms with E-state index in [1.807, 2.05) is 12.1 Å². The minimum atomic E-state index is 0.225. The quantitative estimate of drug-likeness (QED) is 0.913. The summed E-state index contributed by atoms with van der Waals surface area (Å²) in [4.78, 5) is 2.45. The Morgan fingerprint density at radius 1 is 1.33 bits per heavy atom. The maximum absolute atomic E-state index is 9.78. The first-order valence-electron chi connectivity index (χ1n) is 6.32. The van der Waals surface area contributed by atoms with E-state index in [-0.39, 0.29) is 5.75 Å². The van der Waals surface area contributed by atoms with E-state index in [4.69, 9.17) is 4.74 Å². The van der Waals surface area contributed by atoms with Gasteiger partial charge < -0.3 is 9.84 Å². The van der Waals surface area contributed by atoms with Crippen molar-refractivity contribution in [3.8, 4) is 11.5 Å². The van der Waals surface area contributed by atoms with Crippen molar-refractivity contribution in [2.24, 2.45) is 0 Å². The molecule has 2 atom stereocenters. The molecule has 0 aliphatic carbocycles. The second-order valence-electron chi connectivity index (χ2n) is 4.96. The molecular weight excluding hydrogens is 246 g/mol. The lowest BCUT2D eigenvalue weighted by molar-refractivity contribution is 0.262. The number of hydrogen-bond acceptors (Lipinski definition) is 4. The summed E-state index contributed by atoms with van der Waals surface area (Å²) >= 11 is 2.05. The summed E-state index contributed by atoms with van der Waals surface area (Å²) in [5, 5.41) is 11.1. The number of methoxy groups -OCH3 is 1. The van der Waals surface area contributed by atoms with E-state index >= 15 is 0 Å². The summed E-state index contributed by atoms with van der Waals surface area (Å²) in [6.07, 6.45) is 0. The first-order valence-corrected chi connectivity index (χ1v) is 7.26. The summed E-state index contributed by atoms with van der Waals surface area (Å²) in [7, 11) is 1.57. The third kappa shape index (κ3) is 3.33. The lowest BCUT2D eigenvalue weighted by Crippen LogP contribution is -2.39. The van der Waals surface area contributed by atoms with Crippen molar-refractivity contribution in [1.29, 1.82) is 0 Å². The van der Waals surface area contributed by atoms with E-state index in [0.717, 1.165) is 25.2 Å². The molecule has 4 heteroatoms. The number of phenols is 1. The maximum atomic E-state index is 9.78. The number of nitrogens with zero attached hydrogens (tertiary/aromatic N) is 1. The van der Waals surface area contributed by atoms with Gasteiger partial charge in [0, 0.05) is 30.1 Å². The zero-order valence-corrected chi connectivity index (χ0v) is 12.0. The summed E-state index contributed by atoms with van der Waals surface area (Å²) in [6, 6.07) is 5.65. The first kappa shape index (κ1) is 13.6. The Morgan fingerprint density at radius 2 is 2.00 bits per heavy atom. The minimum Gasteiger partial charge on any atom is -0.504 e. The molecule has 1 saturated heterocycles. The van der Waals surface area contributed by atoms with Gasteiger partial charge in [0.1, 0.15) is 0 Å². The Hall–Kier alpha value is -0.870. The fourth-order valence-electron chi connectivity index (χ4n) is 2.51. The van der Waals surface area contributed by atoms with Crippen molar-refractivity contribution in [3.05, 3.63) is 23.8 Å². The molecule has 0 saturated carbocycles. The molecule has 0 bridgehead atoms. The molecule has 0 aromatic heterocycles. The highest BCUT2D eigenvalue weighted by molar-refractivity contribution is 8.00. The van der Waals surface area contributed by atoms with Crippen LogP contribution in [0.25, 0.3) is 0 Å². The highest BCUT2D eigenvalue weighted by Crippen LogP contribution is 2.29. The van der Waals surface area contributed by atoms with Crippen molar-refractivity contribution in [3.63, 3.8) is 0 Å². The van der Waals surface area contributed by atoms with Crippen LogP contribution in [0.3, 0.4) is 0 Å². The van der Waals surface area contributed by atoms with Gasteiger partial charge in [-0.1, -0.05) is 19.9 Å². The van der Waals surface area contributed by atoms with E-state index < -0.39 is 0 Å². The molecule has 0 radical (unpaired) electrons. The molecule has 1 heterocycles. The Bertz CT molecular complexity index is 401. The van der Waals surface area contributed by atoms with E-state index in [1.54, 1.807) is 13.2 Å². The molecule has 18 heavy (non-hydrogen) atoms. The van der Waals surface area contributed by atoms with E-state index in [1.165, 1.54) is 0 Å². The fraction of sp³-hybridized carbons (Fsp3) is 0.571. The van der Waals surface area contributed by atoms with Crippen LogP contribution < -0.4 is 4.74 Å².